The van der Waals surface area contributed by atoms with E-state index in [2.05, 4.69) is 10.3 Å². The molecule has 3 aromatic rings. The fourth-order valence-corrected chi connectivity index (χ4v) is 3.28. The van der Waals surface area contributed by atoms with Gasteiger partial charge in [0.05, 0.1) is 5.02 Å². The van der Waals surface area contributed by atoms with Crippen LogP contribution in [0.25, 0.3) is 5.65 Å². The summed E-state index contributed by atoms with van der Waals surface area (Å²) in [6, 6.07) is 8.57. The molecule has 0 radical (unpaired) electrons. The van der Waals surface area contributed by atoms with E-state index in [4.69, 9.17) is 21.1 Å². The third-order valence-electron chi connectivity index (χ3n) is 4.30. The van der Waals surface area contributed by atoms with E-state index in [1.54, 1.807) is 19.1 Å². The molecular formula is C19H16ClN3O4. The maximum absolute atomic E-state index is 12.3. The number of fused-ring (bicyclic) bond motifs is 2. The first-order valence-electron chi connectivity index (χ1n) is 8.36. The molecule has 0 saturated carbocycles. The number of aromatic nitrogens is 2. The highest BCUT2D eigenvalue weighted by Crippen LogP contribution is 2.36. The molecule has 1 aliphatic rings. The van der Waals surface area contributed by atoms with Gasteiger partial charge in [-0.05, 0) is 26.0 Å². The Balaban J connectivity index is 1.78. The molecule has 0 saturated heterocycles. The van der Waals surface area contributed by atoms with E-state index in [-0.39, 0.29) is 5.56 Å². The summed E-state index contributed by atoms with van der Waals surface area (Å²) in [6.07, 6.45) is 0.510. The molecule has 0 bridgehead atoms. The number of carbonyl (C=O) groups is 1. The quantitative estimate of drug-likeness (QED) is 0.747. The summed E-state index contributed by atoms with van der Waals surface area (Å²) in [4.78, 5) is 28.3. The minimum Gasteiger partial charge on any atom is -0.482 e. The number of pyridine rings is 1. The van der Waals surface area contributed by atoms with Crippen LogP contribution < -0.4 is 20.3 Å². The largest absolute Gasteiger partial charge is 0.482 e. The molecule has 3 heterocycles. The molecule has 0 aliphatic carbocycles. The molecule has 8 heteroatoms. The van der Waals surface area contributed by atoms with E-state index < -0.39 is 12.2 Å². The van der Waals surface area contributed by atoms with Crippen molar-refractivity contribution in [1.82, 2.24) is 14.7 Å². The van der Waals surface area contributed by atoms with Crippen LogP contribution in [0.1, 0.15) is 29.8 Å². The highest BCUT2D eigenvalue weighted by atomic mass is 35.5. The standard InChI is InChI=1S/C19H16ClN3O4/c1-10-6-16(24)23-9-13(20)7-14(18(23)22-10)11(2)26-15-5-3-4-12-8-21-19(25)27-17(12)15/h3-7,9,11H,8H2,1-2H3,(H,21,25)/t11-/m0/s1. The number of rotatable bonds is 3. The third kappa shape index (κ3) is 3.21. The Morgan fingerprint density at radius 2 is 2.15 bits per heavy atom. The topological polar surface area (TPSA) is 81.9 Å². The van der Waals surface area contributed by atoms with Gasteiger partial charge in [-0.3, -0.25) is 9.20 Å². The Kier molecular flexibility index (Phi) is 4.24. The van der Waals surface area contributed by atoms with Crippen LogP contribution in [0.2, 0.25) is 5.02 Å². The number of aryl methyl sites for hydroxylation is 1. The minimum absolute atomic E-state index is 0.217. The molecule has 1 aromatic carbocycles. The maximum atomic E-state index is 12.3. The zero-order valence-corrected chi connectivity index (χ0v) is 15.4. The smallest absolute Gasteiger partial charge is 0.413 e. The fourth-order valence-electron chi connectivity index (χ4n) is 3.07. The number of hydrogen-bond acceptors (Lipinski definition) is 5. The summed E-state index contributed by atoms with van der Waals surface area (Å²) in [7, 11) is 0. The van der Waals surface area contributed by atoms with Crippen LogP contribution >= 0.6 is 11.6 Å². The van der Waals surface area contributed by atoms with Crippen molar-refractivity contribution in [2.75, 3.05) is 0 Å². The summed E-state index contributed by atoms with van der Waals surface area (Å²) in [5.74, 6) is 0.823. The van der Waals surface area contributed by atoms with E-state index in [1.165, 1.54) is 16.7 Å². The van der Waals surface area contributed by atoms with Gasteiger partial charge in [-0.2, -0.15) is 0 Å². The van der Waals surface area contributed by atoms with Crippen LogP contribution in [0.15, 0.2) is 41.3 Å². The summed E-state index contributed by atoms with van der Waals surface area (Å²) in [5, 5.41) is 3.01. The Hall–Kier alpha value is -3.06. The lowest BCUT2D eigenvalue weighted by molar-refractivity contribution is 0.182. The van der Waals surface area contributed by atoms with Crippen LogP contribution in [0.4, 0.5) is 4.79 Å². The van der Waals surface area contributed by atoms with E-state index in [9.17, 15) is 9.59 Å². The Labute approximate surface area is 159 Å². The molecule has 0 spiro atoms. The molecule has 7 nitrogen and oxygen atoms in total. The highest BCUT2D eigenvalue weighted by molar-refractivity contribution is 6.30. The molecule has 4 rings (SSSR count). The van der Waals surface area contributed by atoms with E-state index in [1.807, 2.05) is 19.1 Å². The van der Waals surface area contributed by atoms with Crippen molar-refractivity contribution in [2.24, 2.45) is 0 Å². The molecule has 2 aromatic heterocycles. The van der Waals surface area contributed by atoms with Gasteiger partial charge in [-0.15, -0.1) is 0 Å². The summed E-state index contributed by atoms with van der Waals surface area (Å²) >= 11 is 6.20. The van der Waals surface area contributed by atoms with E-state index >= 15 is 0 Å². The molecular weight excluding hydrogens is 370 g/mol. The second-order valence-electron chi connectivity index (χ2n) is 6.29. The Morgan fingerprint density at radius 3 is 2.96 bits per heavy atom. The average Bonchev–Trinajstić information content (AvgIpc) is 2.62. The van der Waals surface area contributed by atoms with Gasteiger partial charge in [0.25, 0.3) is 5.56 Å². The number of benzene rings is 1. The van der Waals surface area contributed by atoms with E-state index in [0.29, 0.717) is 40.0 Å². The van der Waals surface area contributed by atoms with Crippen molar-refractivity contribution in [3.63, 3.8) is 0 Å². The lowest BCUT2D eigenvalue weighted by atomic mass is 10.1. The van der Waals surface area contributed by atoms with Gasteiger partial charge < -0.3 is 14.8 Å². The molecule has 1 atom stereocenters. The van der Waals surface area contributed by atoms with Gasteiger partial charge >= 0.3 is 6.09 Å². The van der Waals surface area contributed by atoms with Gasteiger partial charge in [0.2, 0.25) is 0 Å². The number of hydrogen-bond donors (Lipinski definition) is 1. The normalized spacial score (nSPS) is 14.3. The molecule has 138 valence electrons. The van der Waals surface area contributed by atoms with Crippen LogP contribution in [-0.2, 0) is 6.54 Å². The molecule has 0 fully saturated rings. The molecule has 1 N–H and O–H groups in total. The Bertz CT molecular complexity index is 1130. The van der Waals surface area contributed by atoms with Gasteiger partial charge in [0.1, 0.15) is 11.8 Å². The van der Waals surface area contributed by atoms with Crippen LogP contribution in [0.5, 0.6) is 11.5 Å². The monoisotopic (exact) mass is 385 g/mol. The molecule has 0 unspecified atom stereocenters. The van der Waals surface area contributed by atoms with Gasteiger partial charge in [-0.1, -0.05) is 23.7 Å². The zero-order valence-electron chi connectivity index (χ0n) is 14.7. The first kappa shape index (κ1) is 17.4. The number of para-hydroxylation sites is 1. The highest BCUT2D eigenvalue weighted by Gasteiger charge is 2.23. The number of nitrogens with one attached hydrogen (secondary N) is 1. The molecule has 1 aliphatic heterocycles. The van der Waals surface area contributed by atoms with Crippen molar-refractivity contribution in [1.29, 1.82) is 0 Å². The van der Waals surface area contributed by atoms with Crippen molar-refractivity contribution in [3.05, 3.63) is 68.7 Å². The van der Waals surface area contributed by atoms with Crippen LogP contribution in [0.3, 0.4) is 0 Å². The number of amides is 1. The molecule has 27 heavy (non-hydrogen) atoms. The SMILES string of the molecule is Cc1cc(=O)n2cc(Cl)cc([C@H](C)Oc3cccc4c3OC(=O)NC4)c2n1. The Morgan fingerprint density at radius 1 is 1.33 bits per heavy atom. The second-order valence-corrected chi connectivity index (χ2v) is 6.73. The number of carbonyl (C=O) groups excluding carboxylic acids is 1. The maximum Gasteiger partial charge on any atom is 0.413 e. The van der Waals surface area contributed by atoms with Crippen LogP contribution in [0, 0.1) is 6.92 Å². The predicted octanol–water partition coefficient (Wildman–Crippen LogP) is 3.40. The van der Waals surface area contributed by atoms with Gasteiger partial charge in [0.15, 0.2) is 11.5 Å². The second kappa shape index (κ2) is 6.59. The number of ether oxygens (including phenoxy) is 2. The van der Waals surface area contributed by atoms with Crippen molar-refractivity contribution in [2.45, 2.75) is 26.5 Å². The zero-order chi connectivity index (χ0) is 19.1. The van der Waals surface area contributed by atoms with Gasteiger partial charge in [-0.25, -0.2) is 9.78 Å². The minimum atomic E-state index is -0.525. The summed E-state index contributed by atoms with van der Waals surface area (Å²) < 4.78 is 12.7. The summed E-state index contributed by atoms with van der Waals surface area (Å²) in [6.45, 7) is 3.95. The van der Waals surface area contributed by atoms with Crippen molar-refractivity contribution in [3.8, 4) is 11.5 Å². The third-order valence-corrected chi connectivity index (χ3v) is 4.51. The predicted molar refractivity (Wildman–Crippen MR) is 99.6 cm³/mol. The molecule has 1 amide bonds. The van der Waals surface area contributed by atoms with Gasteiger partial charge in [0, 0.05) is 35.6 Å². The fraction of sp³-hybridized carbons (Fsp3) is 0.211. The van der Waals surface area contributed by atoms with E-state index in [0.717, 1.165) is 5.56 Å². The van der Waals surface area contributed by atoms with Crippen molar-refractivity contribution < 1.29 is 14.3 Å². The number of halogens is 1. The first-order chi connectivity index (χ1) is 12.9. The van der Waals surface area contributed by atoms with Crippen molar-refractivity contribution >= 4 is 23.3 Å². The van der Waals surface area contributed by atoms with Crippen LogP contribution in [-0.4, -0.2) is 15.5 Å². The first-order valence-corrected chi connectivity index (χ1v) is 8.74. The summed E-state index contributed by atoms with van der Waals surface area (Å²) in [5.41, 5.74) is 2.33. The lowest BCUT2D eigenvalue weighted by Gasteiger charge is -2.23. The lowest BCUT2D eigenvalue weighted by Crippen LogP contribution is -2.31. The number of nitrogens with zero attached hydrogens (tertiary/aromatic N) is 2. The average molecular weight is 386 g/mol.